The zero-order valence-corrected chi connectivity index (χ0v) is 9.94. The van der Waals surface area contributed by atoms with Crippen LogP contribution in [0.2, 0.25) is 0 Å². The number of aliphatic carboxylic acids is 1. The first kappa shape index (κ1) is 10.8. The molecule has 0 bridgehead atoms. The Bertz CT molecular complexity index is 455. The van der Waals surface area contributed by atoms with Crippen molar-refractivity contribution in [2.75, 3.05) is 13.1 Å². The molecule has 1 aromatic heterocycles. The van der Waals surface area contributed by atoms with E-state index in [-0.39, 0.29) is 12.0 Å². The molecule has 1 fully saturated rings. The summed E-state index contributed by atoms with van der Waals surface area (Å²) in [7, 11) is 0. The molecule has 2 atom stereocenters. The lowest BCUT2D eigenvalue weighted by Crippen LogP contribution is -2.43. The number of piperidine rings is 1. The smallest absolute Gasteiger partial charge is 0.306 e. The molecule has 2 aliphatic heterocycles. The van der Waals surface area contributed by atoms with Gasteiger partial charge in [-0.1, -0.05) is 0 Å². The van der Waals surface area contributed by atoms with Gasteiger partial charge in [0.05, 0.1) is 17.7 Å². The number of imidazole rings is 1. The fourth-order valence-electron chi connectivity index (χ4n) is 3.07. The van der Waals surface area contributed by atoms with Crippen LogP contribution < -0.4 is 0 Å². The first-order valence-corrected chi connectivity index (χ1v) is 6.17. The highest BCUT2D eigenvalue weighted by atomic mass is 16.4. The number of aryl methyl sites for hydroxylation is 1. The largest absolute Gasteiger partial charge is 0.481 e. The van der Waals surface area contributed by atoms with Gasteiger partial charge in [0.1, 0.15) is 5.82 Å². The van der Waals surface area contributed by atoms with Crippen molar-refractivity contribution >= 4 is 5.97 Å². The minimum absolute atomic E-state index is 0.207. The van der Waals surface area contributed by atoms with Gasteiger partial charge in [0.25, 0.3) is 0 Å². The third-order valence-electron chi connectivity index (χ3n) is 3.96. The summed E-state index contributed by atoms with van der Waals surface area (Å²) in [4.78, 5) is 21.3. The topological polar surface area (TPSA) is 69.2 Å². The number of carbonyl (C=O) groups is 1. The molecule has 0 amide bonds. The van der Waals surface area contributed by atoms with Crippen molar-refractivity contribution in [1.29, 1.82) is 0 Å². The monoisotopic (exact) mass is 235 g/mol. The number of carboxylic acids is 1. The second-order valence-corrected chi connectivity index (χ2v) is 5.05. The summed E-state index contributed by atoms with van der Waals surface area (Å²) >= 11 is 0. The maximum atomic E-state index is 11.1. The molecule has 0 aromatic carbocycles. The van der Waals surface area contributed by atoms with Gasteiger partial charge in [-0.15, -0.1) is 0 Å². The molecule has 5 nitrogen and oxygen atoms in total. The Labute approximate surface area is 99.8 Å². The fourth-order valence-corrected chi connectivity index (χ4v) is 3.07. The van der Waals surface area contributed by atoms with E-state index in [0.29, 0.717) is 6.42 Å². The van der Waals surface area contributed by atoms with Crippen LogP contribution in [0.4, 0.5) is 0 Å². The lowest BCUT2D eigenvalue weighted by atomic mass is 9.86. The zero-order valence-electron chi connectivity index (χ0n) is 9.94. The van der Waals surface area contributed by atoms with E-state index in [2.05, 4.69) is 14.9 Å². The Kier molecular flexibility index (Phi) is 2.43. The maximum absolute atomic E-state index is 11.1. The molecule has 3 rings (SSSR count). The molecule has 0 radical (unpaired) electrons. The summed E-state index contributed by atoms with van der Waals surface area (Å²) in [5, 5.41) is 9.13. The second-order valence-electron chi connectivity index (χ2n) is 5.05. The highest BCUT2D eigenvalue weighted by Crippen LogP contribution is 2.37. The lowest BCUT2D eigenvalue weighted by Gasteiger charge is -2.40. The van der Waals surface area contributed by atoms with E-state index in [1.165, 1.54) is 5.69 Å². The predicted molar refractivity (Wildman–Crippen MR) is 61.7 cm³/mol. The lowest BCUT2D eigenvalue weighted by molar-refractivity contribution is -0.144. The second kappa shape index (κ2) is 3.84. The van der Waals surface area contributed by atoms with Crippen molar-refractivity contribution in [2.45, 2.75) is 32.2 Å². The quantitative estimate of drug-likeness (QED) is 0.765. The van der Waals surface area contributed by atoms with E-state index in [1.807, 2.05) is 6.92 Å². The highest BCUT2D eigenvalue weighted by molar-refractivity contribution is 5.70. The van der Waals surface area contributed by atoms with Crippen LogP contribution in [0.3, 0.4) is 0 Å². The maximum Gasteiger partial charge on any atom is 0.306 e. The number of H-pyrrole nitrogens is 1. The third kappa shape index (κ3) is 1.74. The van der Waals surface area contributed by atoms with Gasteiger partial charge in [-0.05, 0) is 26.3 Å². The van der Waals surface area contributed by atoms with Crippen molar-refractivity contribution in [1.82, 2.24) is 14.9 Å². The number of hydrogen-bond acceptors (Lipinski definition) is 3. The Hall–Kier alpha value is -1.36. The van der Waals surface area contributed by atoms with Gasteiger partial charge in [-0.3, -0.25) is 9.69 Å². The summed E-state index contributed by atoms with van der Waals surface area (Å²) in [5.74, 6) is 0.0672. The molecule has 2 unspecified atom stereocenters. The van der Waals surface area contributed by atoms with Gasteiger partial charge in [0, 0.05) is 18.7 Å². The number of rotatable bonds is 1. The van der Waals surface area contributed by atoms with E-state index in [1.54, 1.807) is 0 Å². The first-order valence-electron chi connectivity index (χ1n) is 6.17. The number of nitrogens with zero attached hydrogens (tertiary/aromatic N) is 2. The number of aromatic nitrogens is 2. The van der Waals surface area contributed by atoms with Crippen LogP contribution >= 0.6 is 0 Å². The zero-order chi connectivity index (χ0) is 12.0. The van der Waals surface area contributed by atoms with Crippen LogP contribution in [-0.4, -0.2) is 39.0 Å². The van der Waals surface area contributed by atoms with Gasteiger partial charge < -0.3 is 10.1 Å². The number of nitrogens with one attached hydrogen (secondary N) is 1. The van der Waals surface area contributed by atoms with Gasteiger partial charge in [-0.2, -0.15) is 0 Å². The third-order valence-corrected chi connectivity index (χ3v) is 3.96. The molecule has 2 N–H and O–H groups in total. The van der Waals surface area contributed by atoms with Crippen LogP contribution in [0.1, 0.15) is 36.1 Å². The van der Waals surface area contributed by atoms with E-state index < -0.39 is 5.97 Å². The highest BCUT2D eigenvalue weighted by Gasteiger charge is 2.37. The molecule has 0 aliphatic carbocycles. The van der Waals surface area contributed by atoms with E-state index in [9.17, 15) is 4.79 Å². The summed E-state index contributed by atoms with van der Waals surface area (Å²) in [5.41, 5.74) is 2.29. The molecule has 1 saturated heterocycles. The van der Waals surface area contributed by atoms with Crippen molar-refractivity contribution in [3.8, 4) is 0 Å². The molecular formula is C12H17N3O2. The van der Waals surface area contributed by atoms with Crippen LogP contribution in [0.25, 0.3) is 0 Å². The molecule has 2 aliphatic rings. The Morgan fingerprint density at radius 3 is 3.12 bits per heavy atom. The summed E-state index contributed by atoms with van der Waals surface area (Å²) in [6.45, 7) is 3.86. The van der Waals surface area contributed by atoms with Crippen LogP contribution in [-0.2, 0) is 11.2 Å². The summed E-state index contributed by atoms with van der Waals surface area (Å²) in [6, 6.07) is 0.207. The normalized spacial score (nSPS) is 28.5. The molecule has 92 valence electrons. The first-order chi connectivity index (χ1) is 8.15. The van der Waals surface area contributed by atoms with Crippen molar-refractivity contribution in [3.63, 3.8) is 0 Å². The van der Waals surface area contributed by atoms with Crippen molar-refractivity contribution in [3.05, 3.63) is 17.2 Å². The summed E-state index contributed by atoms with van der Waals surface area (Å²) in [6.07, 6.45) is 2.47. The van der Waals surface area contributed by atoms with Crippen LogP contribution in [0, 0.1) is 12.8 Å². The van der Waals surface area contributed by atoms with Crippen molar-refractivity contribution < 1.29 is 9.90 Å². The standard InChI is InChI=1S/C12H17N3O2/c1-7-13-9-3-5-15-4-2-8(12(16)17)6-10(15)11(9)14-7/h8,10H,2-6H2,1H3,(H,13,14)(H,16,17). The fraction of sp³-hybridized carbons (Fsp3) is 0.667. The van der Waals surface area contributed by atoms with Crippen molar-refractivity contribution in [2.24, 2.45) is 5.92 Å². The number of aromatic amines is 1. The minimum Gasteiger partial charge on any atom is -0.481 e. The number of carboxylic acid groups (broad SMARTS) is 1. The molecule has 5 heteroatoms. The Balaban J connectivity index is 1.90. The molecule has 3 heterocycles. The van der Waals surface area contributed by atoms with Gasteiger partial charge >= 0.3 is 5.97 Å². The SMILES string of the molecule is Cc1nc2c([nH]1)CCN1CCC(C(=O)O)CC21. The molecule has 1 aromatic rings. The van der Waals surface area contributed by atoms with Crippen LogP contribution in [0.5, 0.6) is 0 Å². The van der Waals surface area contributed by atoms with E-state index in [4.69, 9.17) is 5.11 Å². The predicted octanol–water partition coefficient (Wildman–Crippen LogP) is 1.11. The summed E-state index contributed by atoms with van der Waals surface area (Å²) < 4.78 is 0. The number of fused-ring (bicyclic) bond motifs is 3. The Morgan fingerprint density at radius 1 is 1.53 bits per heavy atom. The van der Waals surface area contributed by atoms with E-state index >= 15 is 0 Å². The van der Waals surface area contributed by atoms with E-state index in [0.717, 1.165) is 37.4 Å². The molecular weight excluding hydrogens is 218 g/mol. The molecule has 0 saturated carbocycles. The van der Waals surface area contributed by atoms with Crippen LogP contribution in [0.15, 0.2) is 0 Å². The average Bonchev–Trinajstić information content (AvgIpc) is 2.69. The minimum atomic E-state index is -0.663. The average molecular weight is 235 g/mol. The number of hydrogen-bond donors (Lipinski definition) is 2. The Morgan fingerprint density at radius 2 is 2.35 bits per heavy atom. The molecule has 17 heavy (non-hydrogen) atoms. The molecule has 0 spiro atoms. The van der Waals surface area contributed by atoms with Gasteiger partial charge in [0.15, 0.2) is 0 Å². The van der Waals surface area contributed by atoms with Gasteiger partial charge in [-0.25, -0.2) is 4.98 Å². The van der Waals surface area contributed by atoms with Gasteiger partial charge in [0.2, 0.25) is 0 Å².